The average Bonchev–Trinajstić information content (AvgIpc) is 2.87. The minimum absolute atomic E-state index is 0.00351. The predicted octanol–water partition coefficient (Wildman–Crippen LogP) is -1.68. The maximum Gasteiger partial charge on any atom is 0.226 e. The first-order valence-corrected chi connectivity index (χ1v) is 17.3. The van der Waals surface area contributed by atoms with Crippen LogP contribution < -0.4 is 16.8 Å². The van der Waals surface area contributed by atoms with Crippen molar-refractivity contribution in [2.75, 3.05) is 20.7 Å². The van der Waals surface area contributed by atoms with E-state index in [0.29, 0.717) is 12.8 Å². The molecule has 13 nitrogen and oxygen atoms in total. The molecule has 0 bridgehead atoms. The van der Waals surface area contributed by atoms with Gasteiger partial charge in [-0.2, -0.15) is 0 Å². The third kappa shape index (κ3) is 7.26. The number of aliphatic hydroxyl groups excluding tert-OH is 4. The summed E-state index contributed by atoms with van der Waals surface area (Å²) in [4.78, 5) is 41.8. The van der Waals surface area contributed by atoms with Crippen molar-refractivity contribution in [2.24, 2.45) is 29.2 Å². The molecule has 1 saturated heterocycles. The molecule has 1 aliphatic heterocycles. The zero-order valence-corrected chi connectivity index (χ0v) is 29.9. The topological polar surface area (TPSA) is 212 Å². The lowest BCUT2D eigenvalue weighted by molar-refractivity contribution is -0.254. The number of nitrogens with one attached hydrogen (secondary N) is 1. The number of rotatable bonds is 6. The maximum atomic E-state index is 13.4. The lowest BCUT2D eigenvalue weighted by Gasteiger charge is -2.55. The van der Waals surface area contributed by atoms with Gasteiger partial charge in [0.25, 0.3) is 0 Å². The van der Waals surface area contributed by atoms with Gasteiger partial charge in [0.15, 0.2) is 6.29 Å². The fraction of sp³-hybridized carbons (Fsp3) is 0.880. The minimum atomic E-state index is -1.65. The average molecular weight is 921 g/mol. The van der Waals surface area contributed by atoms with E-state index in [9.17, 15) is 34.8 Å². The zero-order chi connectivity index (χ0) is 31.1. The Kier molecular flexibility index (Phi) is 12.8. The van der Waals surface area contributed by atoms with Gasteiger partial charge in [-0.15, -0.1) is 0 Å². The zero-order valence-electron chi connectivity index (χ0n) is 23.4. The lowest BCUT2D eigenvalue weighted by Crippen LogP contribution is -2.68. The largest absolute Gasteiger partial charge is 0.394 e. The van der Waals surface area contributed by atoms with Crippen molar-refractivity contribution in [2.45, 2.75) is 93.3 Å². The molecule has 3 rings (SSSR count). The number of amides is 3. The summed E-state index contributed by atoms with van der Waals surface area (Å²) in [6, 6.07) is -2.91. The molecule has 11 unspecified atom stereocenters. The molecule has 9 N–H and O–H groups in total. The molecule has 2 aliphatic carbocycles. The molecule has 236 valence electrons. The van der Waals surface area contributed by atoms with Crippen molar-refractivity contribution in [3.05, 3.63) is 0 Å². The van der Waals surface area contributed by atoms with Crippen LogP contribution in [0.2, 0.25) is 0 Å². The molecule has 1 heterocycles. The van der Waals surface area contributed by atoms with Gasteiger partial charge in [0.2, 0.25) is 17.7 Å². The summed E-state index contributed by atoms with van der Waals surface area (Å²) in [5.41, 5.74) is 13.2. The highest BCUT2D eigenvalue weighted by atomic mass is 127. The summed E-state index contributed by atoms with van der Waals surface area (Å²) in [5.74, 6) is -1.49. The molecule has 0 aromatic carbocycles. The van der Waals surface area contributed by atoms with Crippen molar-refractivity contribution in [3.63, 3.8) is 0 Å². The van der Waals surface area contributed by atoms with Gasteiger partial charge in [0, 0.05) is 47.9 Å². The van der Waals surface area contributed by atoms with E-state index >= 15 is 0 Å². The quantitative estimate of drug-likeness (QED) is 0.119. The smallest absolute Gasteiger partial charge is 0.226 e. The Bertz CT molecular complexity index is 924. The van der Waals surface area contributed by atoms with Crippen LogP contribution in [0.4, 0.5) is 0 Å². The van der Waals surface area contributed by atoms with E-state index in [1.807, 2.05) is 0 Å². The number of aliphatic hydroxyl groups is 4. The highest BCUT2D eigenvalue weighted by molar-refractivity contribution is 14.1. The van der Waals surface area contributed by atoms with E-state index in [4.69, 9.17) is 16.2 Å². The second kappa shape index (κ2) is 14.6. The lowest BCUT2D eigenvalue weighted by atomic mass is 9.65. The maximum absolute atomic E-state index is 13.4. The predicted molar refractivity (Wildman–Crippen MR) is 175 cm³/mol. The van der Waals surface area contributed by atoms with Crippen molar-refractivity contribution in [1.29, 1.82) is 0 Å². The molecule has 3 aliphatic rings. The van der Waals surface area contributed by atoms with E-state index in [-0.39, 0.29) is 47.5 Å². The van der Waals surface area contributed by atoms with Crippen LogP contribution in [-0.4, -0.2) is 135 Å². The Balaban J connectivity index is 1.82. The van der Waals surface area contributed by atoms with Crippen LogP contribution >= 0.6 is 67.8 Å². The van der Waals surface area contributed by atoms with Gasteiger partial charge < -0.3 is 51.7 Å². The van der Waals surface area contributed by atoms with Gasteiger partial charge in [-0.05, 0) is 24.7 Å². The SMILES string of the molecule is CC(=O)N(C)C1C(I)C(C2CC(N)C(C(=O)NC3C(O)OC(CO)C(O)C3O)C(N)C2)C(I)C(N(C)C(C)=O)C1I. The summed E-state index contributed by atoms with van der Waals surface area (Å²) in [7, 11) is 3.58. The number of ether oxygens (including phenoxy) is 1. The Hall–Kier alpha value is 0.320. The molecule has 0 aromatic heterocycles. The third-order valence-electron chi connectivity index (χ3n) is 9.06. The molecule has 11 atom stereocenters. The van der Waals surface area contributed by atoms with Crippen LogP contribution in [0.5, 0.6) is 0 Å². The van der Waals surface area contributed by atoms with Crippen LogP contribution in [0.3, 0.4) is 0 Å². The number of alkyl halides is 3. The molecule has 2 saturated carbocycles. The van der Waals surface area contributed by atoms with Gasteiger partial charge >= 0.3 is 0 Å². The van der Waals surface area contributed by atoms with E-state index < -0.39 is 61.2 Å². The first-order valence-electron chi connectivity index (χ1n) is 13.6. The number of nitrogens with zero attached hydrogens (tertiary/aromatic N) is 2. The molecule has 0 aromatic rings. The second-order valence-electron chi connectivity index (χ2n) is 11.5. The van der Waals surface area contributed by atoms with Crippen molar-refractivity contribution >= 4 is 85.5 Å². The molecule has 3 fully saturated rings. The van der Waals surface area contributed by atoms with E-state index in [1.165, 1.54) is 13.8 Å². The first-order chi connectivity index (χ1) is 19.0. The molecule has 41 heavy (non-hydrogen) atoms. The number of halogens is 3. The van der Waals surface area contributed by atoms with Gasteiger partial charge in [-0.1, -0.05) is 67.8 Å². The minimum Gasteiger partial charge on any atom is -0.394 e. The van der Waals surface area contributed by atoms with E-state index in [2.05, 4.69) is 73.1 Å². The summed E-state index contributed by atoms with van der Waals surface area (Å²) < 4.78 is 5.20. The summed E-state index contributed by atoms with van der Waals surface area (Å²) >= 11 is 7.19. The van der Waals surface area contributed by atoms with Crippen LogP contribution in [0, 0.1) is 17.8 Å². The highest BCUT2D eigenvalue weighted by Crippen LogP contribution is 2.49. The number of hydrogen-bond acceptors (Lipinski definition) is 10. The van der Waals surface area contributed by atoms with Crippen molar-refractivity contribution < 1.29 is 39.5 Å². The van der Waals surface area contributed by atoms with E-state index in [1.54, 1.807) is 23.9 Å². The standard InChI is InChI=1S/C25H42I3N5O8/c1-8(35)32(3)20-16(26)14(17(27)21(18(20)28)33(4)9(2)36)10-5-11(29)15(12(30)6-10)24(39)31-19-23(38)22(37)13(7-34)41-25(19)40/h10-23,25,34,37-38,40H,5-7,29-30H2,1-4H3,(H,31,39). The van der Waals surface area contributed by atoms with Gasteiger partial charge in [-0.25, -0.2) is 0 Å². The van der Waals surface area contributed by atoms with Gasteiger partial charge in [-0.3, -0.25) is 14.4 Å². The highest BCUT2D eigenvalue weighted by Gasteiger charge is 2.55. The van der Waals surface area contributed by atoms with Crippen molar-refractivity contribution in [3.8, 4) is 0 Å². The molecule has 0 radical (unpaired) electrons. The van der Waals surface area contributed by atoms with E-state index in [0.717, 1.165) is 0 Å². The Labute approximate surface area is 281 Å². The molecule has 3 amide bonds. The fourth-order valence-corrected chi connectivity index (χ4v) is 14.8. The number of carbonyl (C=O) groups is 3. The van der Waals surface area contributed by atoms with Crippen LogP contribution in [0.15, 0.2) is 0 Å². The second-order valence-corrected chi connectivity index (χ2v) is 15.8. The Morgan fingerprint density at radius 2 is 1.34 bits per heavy atom. The van der Waals surface area contributed by atoms with Crippen LogP contribution in [-0.2, 0) is 19.1 Å². The molecular formula is C25H42I3N5O8. The van der Waals surface area contributed by atoms with Crippen molar-refractivity contribution in [1.82, 2.24) is 15.1 Å². The molecule has 0 spiro atoms. The first kappa shape index (κ1) is 35.8. The van der Waals surface area contributed by atoms with Gasteiger partial charge in [0.1, 0.15) is 24.4 Å². The van der Waals surface area contributed by atoms with Gasteiger partial charge in [0.05, 0.1) is 28.5 Å². The Morgan fingerprint density at radius 3 is 1.76 bits per heavy atom. The summed E-state index contributed by atoms with van der Waals surface area (Å²) in [6.07, 6.45) is -4.98. The number of carbonyl (C=O) groups excluding carboxylic acids is 3. The molecular weight excluding hydrogens is 879 g/mol. The number of nitrogens with two attached hydrogens (primary N) is 2. The fourth-order valence-electron chi connectivity index (χ4n) is 6.60. The summed E-state index contributed by atoms with van der Waals surface area (Å²) in [6.45, 7) is 2.45. The molecule has 16 heteroatoms. The summed E-state index contributed by atoms with van der Waals surface area (Å²) in [5, 5.41) is 42.8. The van der Waals surface area contributed by atoms with Crippen LogP contribution in [0.1, 0.15) is 26.7 Å². The van der Waals surface area contributed by atoms with Crippen LogP contribution in [0.25, 0.3) is 0 Å². The Morgan fingerprint density at radius 1 is 0.878 bits per heavy atom. The number of hydrogen-bond donors (Lipinski definition) is 7. The monoisotopic (exact) mass is 921 g/mol. The normalized spacial score (nSPS) is 45.0. The third-order valence-corrected chi connectivity index (χ3v) is 13.7.